The highest BCUT2D eigenvalue weighted by Crippen LogP contribution is 2.38. The number of anilines is 2. The summed E-state index contributed by atoms with van der Waals surface area (Å²) in [5.41, 5.74) is 8.22. The molecule has 4 heterocycles. The first kappa shape index (κ1) is 25.7. The lowest BCUT2D eigenvalue weighted by Gasteiger charge is -2.31. The van der Waals surface area contributed by atoms with E-state index in [0.29, 0.717) is 30.0 Å². The zero-order valence-electron chi connectivity index (χ0n) is 23.0. The van der Waals surface area contributed by atoms with Crippen molar-refractivity contribution in [2.45, 2.75) is 13.0 Å². The van der Waals surface area contributed by atoms with Gasteiger partial charge in [-0.15, -0.1) is 0 Å². The van der Waals surface area contributed by atoms with Gasteiger partial charge in [0.25, 0.3) is 5.91 Å². The summed E-state index contributed by atoms with van der Waals surface area (Å²) in [7, 11) is 0. The molecule has 1 fully saturated rings. The van der Waals surface area contributed by atoms with E-state index in [1.807, 2.05) is 47.4 Å². The molecule has 8 nitrogen and oxygen atoms in total. The number of fused-ring (bicyclic) bond motifs is 2. The molecular weight excluding hydrogens is 524 g/mol. The number of hydrogen-bond donors (Lipinski definition) is 1. The number of piperazine rings is 1. The zero-order chi connectivity index (χ0) is 28.5. The van der Waals surface area contributed by atoms with Crippen molar-refractivity contribution in [1.82, 2.24) is 15.3 Å². The Hall–Kier alpha value is -5.26. The molecule has 0 saturated carbocycles. The number of nitrogens with one attached hydrogen (secondary N) is 1. The lowest BCUT2D eigenvalue weighted by molar-refractivity contribution is 0.0959. The SMILES string of the molecule is N#Cc1ccc(-c2cc3c(o2)C(=O)N(Cc2ccccc2-c2cncnc2)c2ccc(N4CCNCC4)cc2C3)cc1. The van der Waals surface area contributed by atoms with Crippen molar-refractivity contribution in [2.75, 3.05) is 36.0 Å². The van der Waals surface area contributed by atoms with Crippen molar-refractivity contribution in [3.05, 3.63) is 120 Å². The quantitative estimate of drug-likeness (QED) is 0.310. The van der Waals surface area contributed by atoms with E-state index >= 15 is 0 Å². The Kier molecular flexibility index (Phi) is 6.70. The van der Waals surface area contributed by atoms with Gasteiger partial charge in [-0.3, -0.25) is 4.79 Å². The number of hydrogen-bond acceptors (Lipinski definition) is 7. The predicted octanol–water partition coefficient (Wildman–Crippen LogP) is 5.44. The van der Waals surface area contributed by atoms with Crippen LogP contribution in [0.4, 0.5) is 11.4 Å². The number of nitrogens with zero attached hydrogens (tertiary/aromatic N) is 5. The highest BCUT2D eigenvalue weighted by Gasteiger charge is 2.32. The molecule has 0 radical (unpaired) electrons. The fourth-order valence-electron chi connectivity index (χ4n) is 5.83. The van der Waals surface area contributed by atoms with Gasteiger partial charge in [0.2, 0.25) is 0 Å². The van der Waals surface area contributed by atoms with Crippen molar-refractivity contribution in [1.29, 1.82) is 5.26 Å². The van der Waals surface area contributed by atoms with Crippen molar-refractivity contribution in [3.8, 4) is 28.5 Å². The van der Waals surface area contributed by atoms with E-state index < -0.39 is 0 Å². The maximum atomic E-state index is 14.3. The third kappa shape index (κ3) is 4.80. The van der Waals surface area contributed by atoms with Crippen LogP contribution in [-0.4, -0.2) is 42.1 Å². The van der Waals surface area contributed by atoms with Crippen molar-refractivity contribution in [2.24, 2.45) is 0 Å². The Morgan fingerprint density at radius 1 is 0.905 bits per heavy atom. The molecule has 0 atom stereocenters. The van der Waals surface area contributed by atoms with E-state index in [-0.39, 0.29) is 5.91 Å². The summed E-state index contributed by atoms with van der Waals surface area (Å²) < 4.78 is 6.31. The zero-order valence-corrected chi connectivity index (χ0v) is 23.0. The number of carbonyl (C=O) groups is 1. The van der Waals surface area contributed by atoms with Gasteiger partial charge in [0, 0.05) is 73.1 Å². The monoisotopic (exact) mass is 552 g/mol. The van der Waals surface area contributed by atoms with Crippen LogP contribution in [0, 0.1) is 11.3 Å². The summed E-state index contributed by atoms with van der Waals surface area (Å²) in [5.74, 6) is 0.772. The van der Waals surface area contributed by atoms with Gasteiger partial charge in [-0.1, -0.05) is 24.3 Å². The van der Waals surface area contributed by atoms with E-state index in [1.165, 1.54) is 6.33 Å². The predicted molar refractivity (Wildman–Crippen MR) is 161 cm³/mol. The number of benzene rings is 3. The summed E-state index contributed by atoms with van der Waals surface area (Å²) in [4.78, 5) is 27.0. The molecule has 1 saturated heterocycles. The molecular formula is C34H28N6O2. The van der Waals surface area contributed by atoms with Crippen LogP contribution in [-0.2, 0) is 13.0 Å². The molecule has 0 bridgehead atoms. The largest absolute Gasteiger partial charge is 0.451 e. The Balaban J connectivity index is 1.33. The molecule has 8 heteroatoms. The Morgan fingerprint density at radius 3 is 2.48 bits per heavy atom. The first-order chi connectivity index (χ1) is 20.7. The fourth-order valence-corrected chi connectivity index (χ4v) is 5.83. The number of nitriles is 1. The second-order valence-electron chi connectivity index (χ2n) is 10.6. The van der Waals surface area contributed by atoms with E-state index in [0.717, 1.165) is 70.9 Å². The van der Waals surface area contributed by atoms with Gasteiger partial charge in [-0.05, 0) is 65.2 Å². The Morgan fingerprint density at radius 2 is 1.69 bits per heavy atom. The molecule has 2 aromatic heterocycles. The van der Waals surface area contributed by atoms with Crippen LogP contribution in [0.2, 0.25) is 0 Å². The number of carbonyl (C=O) groups excluding carboxylic acids is 1. The third-order valence-electron chi connectivity index (χ3n) is 7.98. The van der Waals surface area contributed by atoms with Crippen molar-refractivity contribution < 1.29 is 9.21 Å². The van der Waals surface area contributed by atoms with Crippen LogP contribution < -0.4 is 15.1 Å². The van der Waals surface area contributed by atoms with E-state index in [2.05, 4.69) is 44.5 Å². The van der Waals surface area contributed by atoms with E-state index in [9.17, 15) is 10.1 Å². The molecule has 2 aliphatic rings. The Labute approximate surface area is 243 Å². The van der Waals surface area contributed by atoms with Crippen molar-refractivity contribution >= 4 is 17.3 Å². The van der Waals surface area contributed by atoms with Gasteiger partial charge >= 0.3 is 0 Å². The average Bonchev–Trinajstić information content (AvgIpc) is 3.44. The van der Waals surface area contributed by atoms with Crippen LogP contribution in [0.5, 0.6) is 0 Å². The number of amides is 1. The van der Waals surface area contributed by atoms with E-state index in [1.54, 1.807) is 24.5 Å². The van der Waals surface area contributed by atoms with Crippen LogP contribution in [0.3, 0.4) is 0 Å². The lowest BCUT2D eigenvalue weighted by Crippen LogP contribution is -2.43. The first-order valence-corrected chi connectivity index (χ1v) is 14.0. The van der Waals surface area contributed by atoms with E-state index in [4.69, 9.17) is 4.42 Å². The lowest BCUT2D eigenvalue weighted by atomic mass is 10.0. The van der Waals surface area contributed by atoms with Gasteiger partial charge in [-0.2, -0.15) is 5.26 Å². The number of rotatable bonds is 5. The number of aromatic nitrogens is 2. The fraction of sp³-hybridized carbons (Fsp3) is 0.176. The minimum Gasteiger partial charge on any atom is -0.451 e. The van der Waals surface area contributed by atoms with Gasteiger partial charge in [0.05, 0.1) is 18.2 Å². The molecule has 1 N–H and O–H groups in total. The summed E-state index contributed by atoms with van der Waals surface area (Å²) in [6, 6.07) is 25.8. The maximum absolute atomic E-state index is 14.3. The van der Waals surface area contributed by atoms with Gasteiger partial charge in [0.1, 0.15) is 12.1 Å². The highest BCUT2D eigenvalue weighted by atomic mass is 16.4. The summed E-state index contributed by atoms with van der Waals surface area (Å²) in [6.07, 6.45) is 5.66. The second kappa shape index (κ2) is 11.0. The third-order valence-corrected chi connectivity index (χ3v) is 7.98. The van der Waals surface area contributed by atoms with Crippen LogP contribution in [0.25, 0.3) is 22.5 Å². The minimum absolute atomic E-state index is 0.183. The van der Waals surface area contributed by atoms with Crippen LogP contribution in [0.15, 0.2) is 95.9 Å². The first-order valence-electron chi connectivity index (χ1n) is 14.0. The molecule has 7 rings (SSSR count). The van der Waals surface area contributed by atoms with Crippen LogP contribution in [0.1, 0.15) is 32.8 Å². The standard InChI is InChI=1S/C34H28N6O2/c35-18-23-5-7-24(8-6-23)32-17-27-15-26-16-29(39-13-11-36-12-14-39)9-10-31(26)40(34(41)33(27)42-32)21-25-3-1-2-4-30(25)28-19-37-22-38-20-28/h1-10,16-17,19-20,22,36H,11-15,21H2. The van der Waals surface area contributed by atoms with Crippen molar-refractivity contribution in [3.63, 3.8) is 0 Å². The summed E-state index contributed by atoms with van der Waals surface area (Å²) >= 11 is 0. The topological polar surface area (TPSA) is 98.3 Å². The average molecular weight is 553 g/mol. The van der Waals surface area contributed by atoms with Crippen LogP contribution >= 0.6 is 0 Å². The maximum Gasteiger partial charge on any atom is 0.294 e. The molecule has 0 unspecified atom stereocenters. The normalized spacial score (nSPS) is 14.6. The molecule has 0 spiro atoms. The molecule has 0 aliphatic carbocycles. The summed E-state index contributed by atoms with van der Waals surface area (Å²) in [6.45, 7) is 4.13. The molecule has 42 heavy (non-hydrogen) atoms. The smallest absolute Gasteiger partial charge is 0.294 e. The molecule has 1 amide bonds. The molecule has 206 valence electrons. The molecule has 3 aromatic carbocycles. The molecule has 5 aromatic rings. The molecule has 2 aliphatic heterocycles. The van der Waals surface area contributed by atoms with Gasteiger partial charge < -0.3 is 19.5 Å². The van der Waals surface area contributed by atoms with Gasteiger partial charge in [-0.25, -0.2) is 9.97 Å². The minimum atomic E-state index is -0.183. The van der Waals surface area contributed by atoms with Gasteiger partial charge in [0.15, 0.2) is 5.76 Å². The second-order valence-corrected chi connectivity index (χ2v) is 10.6. The highest BCUT2D eigenvalue weighted by molar-refractivity contribution is 6.07. The Bertz CT molecular complexity index is 1800. The number of furan rings is 1. The summed E-state index contributed by atoms with van der Waals surface area (Å²) in [5, 5.41) is 12.6.